The third-order valence-electron chi connectivity index (χ3n) is 5.14. The van der Waals surface area contributed by atoms with Gasteiger partial charge in [0.05, 0.1) is 5.75 Å². The van der Waals surface area contributed by atoms with Crippen molar-refractivity contribution in [3.8, 4) is 0 Å². The second-order valence-electron chi connectivity index (χ2n) is 7.17. The fraction of sp³-hybridized carbons (Fsp3) is 0.286. The monoisotopic (exact) mass is 443 g/mol. The highest BCUT2D eigenvalue weighted by Crippen LogP contribution is 2.30. The molecule has 7 nitrogen and oxygen atoms in total. The van der Waals surface area contributed by atoms with Gasteiger partial charge in [0, 0.05) is 42.1 Å². The summed E-state index contributed by atoms with van der Waals surface area (Å²) in [6.07, 6.45) is 4.77. The van der Waals surface area contributed by atoms with Crippen LogP contribution in [0, 0.1) is 0 Å². The first kappa shape index (κ1) is 20.7. The van der Waals surface area contributed by atoms with E-state index in [1.54, 1.807) is 47.0 Å². The Morgan fingerprint density at radius 1 is 1.00 bits per heavy atom. The highest BCUT2D eigenvalue weighted by atomic mass is 35.5. The molecule has 3 aromatic rings. The van der Waals surface area contributed by atoms with Crippen molar-refractivity contribution in [2.45, 2.75) is 24.5 Å². The molecule has 1 aromatic carbocycles. The van der Waals surface area contributed by atoms with Gasteiger partial charge in [-0.25, -0.2) is 27.7 Å². The Bertz CT molecular complexity index is 1100. The van der Waals surface area contributed by atoms with Crippen molar-refractivity contribution in [3.05, 3.63) is 77.2 Å². The van der Waals surface area contributed by atoms with Crippen molar-refractivity contribution < 1.29 is 8.42 Å². The quantitative estimate of drug-likeness (QED) is 0.620. The van der Waals surface area contributed by atoms with Crippen LogP contribution >= 0.6 is 11.6 Å². The van der Waals surface area contributed by atoms with Crippen LogP contribution in [-0.4, -0.2) is 40.8 Å². The zero-order chi connectivity index (χ0) is 21.0. The Kier molecular flexibility index (Phi) is 6.26. The molecule has 1 aliphatic heterocycles. The maximum Gasteiger partial charge on any atom is 0.228 e. The molecule has 9 heteroatoms. The molecule has 1 aliphatic rings. The van der Waals surface area contributed by atoms with Crippen LogP contribution in [0.15, 0.2) is 60.9 Å². The molecule has 0 saturated carbocycles. The number of pyridine rings is 1. The number of hydrogen-bond acceptors (Lipinski definition) is 6. The van der Waals surface area contributed by atoms with E-state index in [2.05, 4.69) is 20.3 Å². The molecule has 156 valence electrons. The molecule has 4 rings (SSSR count). The maximum atomic E-state index is 12.8. The summed E-state index contributed by atoms with van der Waals surface area (Å²) in [7, 11) is -3.41. The van der Waals surface area contributed by atoms with E-state index in [1.807, 2.05) is 18.2 Å². The van der Waals surface area contributed by atoms with E-state index in [1.165, 1.54) is 0 Å². The number of anilines is 2. The Morgan fingerprint density at radius 3 is 2.47 bits per heavy atom. The first-order valence-corrected chi connectivity index (χ1v) is 11.7. The summed E-state index contributed by atoms with van der Waals surface area (Å²) in [5.74, 6) is 1.29. The minimum absolute atomic E-state index is 0.0773. The third-order valence-corrected chi connectivity index (χ3v) is 7.33. The van der Waals surface area contributed by atoms with Gasteiger partial charge in [0.15, 0.2) is 0 Å². The van der Waals surface area contributed by atoms with Crippen LogP contribution in [0.5, 0.6) is 0 Å². The van der Waals surface area contributed by atoms with Gasteiger partial charge >= 0.3 is 0 Å². The number of nitrogens with zero attached hydrogens (tertiary/aromatic N) is 4. The molecular weight excluding hydrogens is 422 g/mol. The van der Waals surface area contributed by atoms with Gasteiger partial charge in [-0.15, -0.1) is 0 Å². The van der Waals surface area contributed by atoms with E-state index >= 15 is 0 Å². The van der Waals surface area contributed by atoms with Crippen LogP contribution in [0.2, 0.25) is 5.02 Å². The highest BCUT2D eigenvalue weighted by Gasteiger charge is 2.29. The Hall–Kier alpha value is -2.55. The van der Waals surface area contributed by atoms with E-state index in [9.17, 15) is 8.42 Å². The van der Waals surface area contributed by atoms with Gasteiger partial charge in [0.25, 0.3) is 0 Å². The van der Waals surface area contributed by atoms with E-state index in [0.717, 1.165) is 18.5 Å². The molecule has 0 spiro atoms. The molecule has 30 heavy (non-hydrogen) atoms. The van der Waals surface area contributed by atoms with Crippen molar-refractivity contribution >= 4 is 33.4 Å². The first-order chi connectivity index (χ1) is 14.5. The number of rotatable bonds is 6. The second kappa shape index (κ2) is 9.07. The largest absolute Gasteiger partial charge is 0.309 e. The number of sulfonamides is 1. The average molecular weight is 444 g/mol. The minimum Gasteiger partial charge on any atom is -0.309 e. The molecular formula is C21H22ClN5O2S. The van der Waals surface area contributed by atoms with Crippen LogP contribution < -0.4 is 5.32 Å². The maximum absolute atomic E-state index is 12.8. The SMILES string of the molecule is O=S(=O)(Cc1ccccc1Cl)N1CCC(c2cccc(Nc3ncccn3)n2)CC1. The molecule has 0 aliphatic carbocycles. The van der Waals surface area contributed by atoms with Crippen molar-refractivity contribution in [1.29, 1.82) is 0 Å². The van der Waals surface area contributed by atoms with Crippen LogP contribution in [-0.2, 0) is 15.8 Å². The number of nitrogens with one attached hydrogen (secondary N) is 1. The second-order valence-corrected chi connectivity index (χ2v) is 9.54. The average Bonchev–Trinajstić information content (AvgIpc) is 2.76. The third kappa shape index (κ3) is 4.95. The van der Waals surface area contributed by atoms with Crippen LogP contribution in [0.1, 0.15) is 30.0 Å². The van der Waals surface area contributed by atoms with Crippen molar-refractivity contribution in [2.24, 2.45) is 0 Å². The first-order valence-electron chi connectivity index (χ1n) is 9.73. The predicted molar refractivity (Wildman–Crippen MR) is 117 cm³/mol. The fourth-order valence-corrected chi connectivity index (χ4v) is 5.44. The Labute approximate surface area is 181 Å². The van der Waals surface area contributed by atoms with Crippen molar-refractivity contribution in [1.82, 2.24) is 19.3 Å². The van der Waals surface area contributed by atoms with E-state index in [-0.39, 0.29) is 11.7 Å². The summed E-state index contributed by atoms with van der Waals surface area (Å²) in [4.78, 5) is 13.0. The molecule has 0 unspecified atom stereocenters. The van der Waals surface area contributed by atoms with E-state index in [0.29, 0.717) is 35.4 Å². The van der Waals surface area contributed by atoms with Gasteiger partial charge in [0.2, 0.25) is 16.0 Å². The molecule has 0 amide bonds. The normalized spacial score (nSPS) is 15.8. The summed E-state index contributed by atoms with van der Waals surface area (Å²) in [6.45, 7) is 0.942. The van der Waals surface area contributed by atoms with Gasteiger partial charge in [-0.3, -0.25) is 0 Å². The molecule has 1 saturated heterocycles. The number of benzene rings is 1. The van der Waals surface area contributed by atoms with Gasteiger partial charge < -0.3 is 5.32 Å². The van der Waals surface area contributed by atoms with Gasteiger partial charge in [-0.2, -0.15) is 0 Å². The molecule has 0 radical (unpaired) electrons. The number of hydrogen-bond donors (Lipinski definition) is 1. The predicted octanol–water partition coefficient (Wildman–Crippen LogP) is 3.98. The van der Waals surface area contributed by atoms with Crippen LogP contribution in [0.3, 0.4) is 0 Å². The van der Waals surface area contributed by atoms with Crippen LogP contribution in [0.4, 0.5) is 11.8 Å². The summed E-state index contributed by atoms with van der Waals surface area (Å²) in [5, 5.41) is 3.58. The Morgan fingerprint density at radius 2 is 1.73 bits per heavy atom. The summed E-state index contributed by atoms with van der Waals surface area (Å²) in [5.41, 5.74) is 1.57. The van der Waals surface area contributed by atoms with Gasteiger partial charge in [-0.1, -0.05) is 35.9 Å². The number of aromatic nitrogens is 3. The van der Waals surface area contributed by atoms with E-state index in [4.69, 9.17) is 11.6 Å². The molecule has 3 heterocycles. The minimum atomic E-state index is -3.41. The molecule has 1 N–H and O–H groups in total. The molecule has 0 atom stereocenters. The van der Waals surface area contributed by atoms with Crippen LogP contribution in [0.25, 0.3) is 0 Å². The molecule has 0 bridgehead atoms. The zero-order valence-electron chi connectivity index (χ0n) is 16.3. The fourth-order valence-electron chi connectivity index (χ4n) is 3.56. The number of piperidine rings is 1. The standard InChI is InChI=1S/C21H22ClN5O2S/c22-18-6-2-1-5-17(18)15-30(28,29)27-13-9-16(10-14-27)19-7-3-8-20(25-19)26-21-23-11-4-12-24-21/h1-8,11-12,16H,9-10,13-15H2,(H,23,24,25,26). The zero-order valence-corrected chi connectivity index (χ0v) is 17.9. The van der Waals surface area contributed by atoms with E-state index < -0.39 is 10.0 Å². The summed E-state index contributed by atoms with van der Waals surface area (Å²) < 4.78 is 27.2. The topological polar surface area (TPSA) is 88.1 Å². The Balaban J connectivity index is 1.40. The molecule has 1 fully saturated rings. The van der Waals surface area contributed by atoms with Gasteiger partial charge in [0.1, 0.15) is 5.82 Å². The molecule has 2 aromatic heterocycles. The lowest BCUT2D eigenvalue weighted by molar-refractivity contribution is 0.316. The smallest absolute Gasteiger partial charge is 0.228 e. The lowest BCUT2D eigenvalue weighted by Gasteiger charge is -2.31. The summed E-state index contributed by atoms with van der Waals surface area (Å²) in [6, 6.07) is 14.6. The summed E-state index contributed by atoms with van der Waals surface area (Å²) >= 11 is 6.14. The van der Waals surface area contributed by atoms with Crippen molar-refractivity contribution in [3.63, 3.8) is 0 Å². The highest BCUT2D eigenvalue weighted by molar-refractivity contribution is 7.88. The lowest BCUT2D eigenvalue weighted by Crippen LogP contribution is -2.38. The number of halogens is 1. The van der Waals surface area contributed by atoms with Gasteiger partial charge in [-0.05, 0) is 42.7 Å². The lowest BCUT2D eigenvalue weighted by atomic mass is 9.94. The van der Waals surface area contributed by atoms with Crippen molar-refractivity contribution in [2.75, 3.05) is 18.4 Å².